The Morgan fingerprint density at radius 1 is 1.00 bits per heavy atom. The molecule has 0 aromatic heterocycles. The van der Waals surface area contributed by atoms with Crippen molar-refractivity contribution >= 4 is 11.6 Å². The van der Waals surface area contributed by atoms with Crippen LogP contribution in [0.1, 0.15) is 27.6 Å². The van der Waals surface area contributed by atoms with Gasteiger partial charge < -0.3 is 0 Å². The predicted octanol–water partition coefficient (Wildman–Crippen LogP) is 4.97. The summed E-state index contributed by atoms with van der Waals surface area (Å²) in [5, 5.41) is -0.192. The SMILES string of the molecule is Cc1ccc(CC(Cl)c2cc(C)cc(F)c2)cc1. The quantitative estimate of drug-likeness (QED) is 0.686. The summed E-state index contributed by atoms with van der Waals surface area (Å²) in [6.07, 6.45) is 0.713. The molecule has 0 bridgehead atoms. The van der Waals surface area contributed by atoms with Crippen molar-refractivity contribution in [3.63, 3.8) is 0 Å². The van der Waals surface area contributed by atoms with Crippen molar-refractivity contribution < 1.29 is 4.39 Å². The Bertz CT molecular complexity index is 511. The fraction of sp³-hybridized carbons (Fsp3) is 0.250. The summed E-state index contributed by atoms with van der Waals surface area (Å²) in [5.74, 6) is -0.223. The minimum Gasteiger partial charge on any atom is -0.207 e. The molecular weight excluding hydrogens is 247 g/mol. The van der Waals surface area contributed by atoms with Gasteiger partial charge in [-0.05, 0) is 49.1 Å². The lowest BCUT2D eigenvalue weighted by atomic mass is 10.0. The van der Waals surface area contributed by atoms with Gasteiger partial charge in [0, 0.05) is 0 Å². The van der Waals surface area contributed by atoms with E-state index in [0.29, 0.717) is 6.42 Å². The van der Waals surface area contributed by atoms with Crippen molar-refractivity contribution in [1.82, 2.24) is 0 Å². The Labute approximate surface area is 112 Å². The van der Waals surface area contributed by atoms with E-state index < -0.39 is 0 Å². The molecule has 0 spiro atoms. The average molecular weight is 263 g/mol. The first-order valence-electron chi connectivity index (χ1n) is 6.01. The van der Waals surface area contributed by atoms with Gasteiger partial charge in [-0.25, -0.2) is 4.39 Å². The van der Waals surface area contributed by atoms with Crippen molar-refractivity contribution in [2.45, 2.75) is 25.6 Å². The van der Waals surface area contributed by atoms with E-state index in [1.807, 2.05) is 13.0 Å². The molecule has 1 unspecified atom stereocenters. The minimum atomic E-state index is -0.223. The molecule has 0 radical (unpaired) electrons. The number of benzene rings is 2. The lowest BCUT2D eigenvalue weighted by molar-refractivity contribution is 0.623. The molecule has 0 saturated heterocycles. The highest BCUT2D eigenvalue weighted by Crippen LogP contribution is 2.26. The van der Waals surface area contributed by atoms with Gasteiger partial charge in [-0.2, -0.15) is 0 Å². The van der Waals surface area contributed by atoms with Crippen LogP contribution in [0, 0.1) is 19.7 Å². The molecule has 0 saturated carbocycles. The molecule has 0 aliphatic rings. The Balaban J connectivity index is 2.16. The number of hydrogen-bond acceptors (Lipinski definition) is 0. The lowest BCUT2D eigenvalue weighted by Gasteiger charge is -2.11. The molecule has 2 heteroatoms. The Hall–Kier alpha value is -1.34. The lowest BCUT2D eigenvalue weighted by Crippen LogP contribution is -1.97. The molecule has 18 heavy (non-hydrogen) atoms. The van der Waals surface area contributed by atoms with E-state index in [9.17, 15) is 4.39 Å². The molecule has 0 aliphatic heterocycles. The van der Waals surface area contributed by atoms with Crippen LogP contribution in [0.4, 0.5) is 4.39 Å². The van der Waals surface area contributed by atoms with Crippen LogP contribution in [0.5, 0.6) is 0 Å². The molecule has 0 aliphatic carbocycles. The van der Waals surface area contributed by atoms with Crippen LogP contribution in [0.25, 0.3) is 0 Å². The predicted molar refractivity (Wildman–Crippen MR) is 74.6 cm³/mol. The Morgan fingerprint density at radius 3 is 2.28 bits per heavy atom. The largest absolute Gasteiger partial charge is 0.207 e. The second-order valence-corrected chi connectivity index (χ2v) is 5.25. The van der Waals surface area contributed by atoms with E-state index >= 15 is 0 Å². The maximum absolute atomic E-state index is 13.3. The topological polar surface area (TPSA) is 0 Å². The van der Waals surface area contributed by atoms with Crippen LogP contribution in [0.3, 0.4) is 0 Å². The zero-order valence-corrected chi connectivity index (χ0v) is 11.3. The Morgan fingerprint density at radius 2 is 1.67 bits per heavy atom. The van der Waals surface area contributed by atoms with Crippen molar-refractivity contribution in [3.8, 4) is 0 Å². The van der Waals surface area contributed by atoms with Crippen LogP contribution in [-0.2, 0) is 6.42 Å². The second kappa shape index (κ2) is 5.53. The van der Waals surface area contributed by atoms with Gasteiger partial charge in [-0.3, -0.25) is 0 Å². The summed E-state index contributed by atoms with van der Waals surface area (Å²) in [5.41, 5.74) is 4.14. The van der Waals surface area contributed by atoms with E-state index in [-0.39, 0.29) is 11.2 Å². The molecule has 0 amide bonds. The number of aryl methyl sites for hydroxylation is 2. The van der Waals surface area contributed by atoms with Gasteiger partial charge in [0.25, 0.3) is 0 Å². The highest BCUT2D eigenvalue weighted by atomic mass is 35.5. The monoisotopic (exact) mass is 262 g/mol. The van der Waals surface area contributed by atoms with E-state index in [1.54, 1.807) is 0 Å². The van der Waals surface area contributed by atoms with E-state index in [4.69, 9.17) is 11.6 Å². The minimum absolute atomic E-state index is 0.192. The number of alkyl halides is 1. The van der Waals surface area contributed by atoms with Crippen LogP contribution >= 0.6 is 11.6 Å². The molecule has 0 nitrogen and oxygen atoms in total. The number of hydrogen-bond donors (Lipinski definition) is 0. The van der Waals surface area contributed by atoms with E-state index in [2.05, 4.69) is 31.2 Å². The van der Waals surface area contributed by atoms with Gasteiger partial charge in [0.05, 0.1) is 5.38 Å². The third-order valence-corrected chi connectivity index (χ3v) is 3.37. The van der Waals surface area contributed by atoms with Crippen molar-refractivity contribution in [1.29, 1.82) is 0 Å². The summed E-state index contributed by atoms with van der Waals surface area (Å²) in [6.45, 7) is 3.93. The number of halogens is 2. The third kappa shape index (κ3) is 3.33. The molecule has 2 aromatic rings. The van der Waals surface area contributed by atoms with Gasteiger partial charge in [-0.15, -0.1) is 11.6 Å². The van der Waals surface area contributed by atoms with Gasteiger partial charge in [0.15, 0.2) is 0 Å². The summed E-state index contributed by atoms with van der Waals surface area (Å²) in [4.78, 5) is 0. The fourth-order valence-electron chi connectivity index (χ4n) is 1.99. The maximum atomic E-state index is 13.3. The van der Waals surface area contributed by atoms with Crippen molar-refractivity contribution in [2.24, 2.45) is 0 Å². The first kappa shape index (κ1) is 13.1. The first-order valence-corrected chi connectivity index (χ1v) is 6.45. The molecular formula is C16H16ClF. The highest BCUT2D eigenvalue weighted by Gasteiger charge is 2.10. The summed E-state index contributed by atoms with van der Waals surface area (Å²) >= 11 is 6.36. The second-order valence-electron chi connectivity index (χ2n) is 4.72. The molecule has 0 N–H and O–H groups in total. The molecule has 94 valence electrons. The van der Waals surface area contributed by atoms with Gasteiger partial charge in [0.2, 0.25) is 0 Å². The average Bonchev–Trinajstić information content (AvgIpc) is 2.31. The van der Waals surface area contributed by atoms with E-state index in [1.165, 1.54) is 23.3 Å². The third-order valence-electron chi connectivity index (χ3n) is 2.96. The zero-order chi connectivity index (χ0) is 13.1. The molecule has 2 aromatic carbocycles. The molecule has 0 fully saturated rings. The normalized spacial score (nSPS) is 12.4. The van der Waals surface area contributed by atoms with Crippen LogP contribution in [-0.4, -0.2) is 0 Å². The standard InChI is InChI=1S/C16H16ClF/c1-11-3-5-13(6-4-11)9-16(17)14-7-12(2)8-15(18)10-14/h3-8,10,16H,9H2,1-2H3. The van der Waals surface area contributed by atoms with Gasteiger partial charge in [0.1, 0.15) is 5.82 Å². The highest BCUT2D eigenvalue weighted by molar-refractivity contribution is 6.20. The summed E-state index contributed by atoms with van der Waals surface area (Å²) in [6, 6.07) is 13.2. The summed E-state index contributed by atoms with van der Waals surface area (Å²) in [7, 11) is 0. The van der Waals surface area contributed by atoms with Gasteiger partial charge in [-0.1, -0.05) is 35.9 Å². The zero-order valence-electron chi connectivity index (χ0n) is 10.6. The molecule has 0 heterocycles. The first-order chi connectivity index (χ1) is 8.54. The van der Waals surface area contributed by atoms with Crippen LogP contribution < -0.4 is 0 Å². The van der Waals surface area contributed by atoms with Crippen LogP contribution in [0.15, 0.2) is 42.5 Å². The Kier molecular flexibility index (Phi) is 4.03. The van der Waals surface area contributed by atoms with Crippen molar-refractivity contribution in [3.05, 3.63) is 70.5 Å². The van der Waals surface area contributed by atoms with Crippen molar-refractivity contribution in [2.75, 3.05) is 0 Å². The summed E-state index contributed by atoms with van der Waals surface area (Å²) < 4.78 is 13.3. The fourth-order valence-corrected chi connectivity index (χ4v) is 2.30. The molecule has 2 rings (SSSR count). The van der Waals surface area contributed by atoms with Gasteiger partial charge >= 0.3 is 0 Å². The number of rotatable bonds is 3. The smallest absolute Gasteiger partial charge is 0.123 e. The van der Waals surface area contributed by atoms with Crippen LogP contribution in [0.2, 0.25) is 0 Å². The van der Waals surface area contributed by atoms with E-state index in [0.717, 1.165) is 11.1 Å². The molecule has 1 atom stereocenters. The maximum Gasteiger partial charge on any atom is 0.123 e.